The number of benzene rings is 1. The van der Waals surface area contributed by atoms with Crippen molar-refractivity contribution >= 4 is 11.5 Å². The van der Waals surface area contributed by atoms with Crippen LogP contribution in [-0.2, 0) is 6.42 Å². The lowest BCUT2D eigenvalue weighted by Gasteiger charge is -2.18. The third-order valence-electron chi connectivity index (χ3n) is 3.29. The average molecular weight is 311 g/mol. The van der Waals surface area contributed by atoms with Gasteiger partial charge in [-0.05, 0) is 54.2 Å². The summed E-state index contributed by atoms with van der Waals surface area (Å²) in [6.07, 6.45) is 0.376. The molecule has 1 unspecified atom stereocenters. The molecule has 21 heavy (non-hydrogen) atoms. The fourth-order valence-electron chi connectivity index (χ4n) is 2.27. The van der Waals surface area contributed by atoms with E-state index in [-0.39, 0.29) is 17.8 Å². The van der Waals surface area contributed by atoms with Crippen molar-refractivity contribution in [1.82, 2.24) is 14.9 Å². The maximum atomic E-state index is 13.8. The van der Waals surface area contributed by atoms with Gasteiger partial charge in [-0.25, -0.2) is 8.78 Å². The molecule has 1 aromatic carbocycles. The topological polar surface area (TPSA) is 37.8 Å². The predicted molar refractivity (Wildman–Crippen MR) is 80.5 cm³/mol. The minimum atomic E-state index is -0.423. The molecule has 6 heteroatoms. The second-order valence-electron chi connectivity index (χ2n) is 5.23. The van der Waals surface area contributed by atoms with Crippen LogP contribution in [0.15, 0.2) is 18.2 Å². The van der Waals surface area contributed by atoms with Gasteiger partial charge in [-0.2, -0.15) is 0 Å². The molecule has 0 aliphatic heterocycles. The molecule has 3 nitrogen and oxygen atoms in total. The van der Waals surface area contributed by atoms with Crippen molar-refractivity contribution in [2.75, 3.05) is 6.54 Å². The maximum absolute atomic E-state index is 13.8. The standard InChI is InChI=1S/C15H19F2N3S/c1-4-18-13(15-14(9(2)3)19-20-21-15)8-10-7-11(16)5-6-12(10)17/h5-7,9,13,18H,4,8H2,1-3H3. The summed E-state index contributed by atoms with van der Waals surface area (Å²) in [5.41, 5.74) is 1.28. The predicted octanol–water partition coefficient (Wildman–Crippen LogP) is 3.83. The summed E-state index contributed by atoms with van der Waals surface area (Å²) in [6, 6.07) is 3.45. The average Bonchev–Trinajstić information content (AvgIpc) is 2.91. The molecule has 1 aromatic heterocycles. The van der Waals surface area contributed by atoms with Crippen molar-refractivity contribution in [2.24, 2.45) is 0 Å². The second-order valence-corrected chi connectivity index (χ2v) is 6.01. The van der Waals surface area contributed by atoms with E-state index < -0.39 is 5.82 Å². The van der Waals surface area contributed by atoms with Gasteiger partial charge in [0.25, 0.3) is 0 Å². The fourth-order valence-corrected chi connectivity index (χ4v) is 3.15. The van der Waals surface area contributed by atoms with Gasteiger partial charge in [0.15, 0.2) is 0 Å². The first-order chi connectivity index (χ1) is 10.0. The van der Waals surface area contributed by atoms with Gasteiger partial charge in [-0.3, -0.25) is 0 Å². The number of hydrogen-bond acceptors (Lipinski definition) is 4. The largest absolute Gasteiger partial charge is 0.309 e. The van der Waals surface area contributed by atoms with E-state index in [4.69, 9.17) is 0 Å². The monoisotopic (exact) mass is 311 g/mol. The highest BCUT2D eigenvalue weighted by atomic mass is 32.1. The first-order valence-corrected chi connectivity index (χ1v) is 7.79. The summed E-state index contributed by atoms with van der Waals surface area (Å²) >= 11 is 1.32. The normalized spacial score (nSPS) is 12.9. The van der Waals surface area contributed by atoms with Gasteiger partial charge in [0.1, 0.15) is 11.6 Å². The van der Waals surface area contributed by atoms with Gasteiger partial charge < -0.3 is 5.32 Å². The zero-order chi connectivity index (χ0) is 15.4. The highest BCUT2D eigenvalue weighted by molar-refractivity contribution is 7.05. The Kier molecular flexibility index (Phi) is 5.36. The zero-order valence-corrected chi connectivity index (χ0v) is 13.2. The smallest absolute Gasteiger partial charge is 0.126 e. The molecular weight excluding hydrogens is 292 g/mol. The molecule has 1 heterocycles. The third-order valence-corrected chi connectivity index (χ3v) is 4.14. The van der Waals surface area contributed by atoms with Gasteiger partial charge in [-0.1, -0.05) is 25.3 Å². The summed E-state index contributed by atoms with van der Waals surface area (Å²) < 4.78 is 31.2. The summed E-state index contributed by atoms with van der Waals surface area (Å²) in [5, 5.41) is 7.48. The second kappa shape index (κ2) is 7.04. The lowest BCUT2D eigenvalue weighted by atomic mass is 9.99. The van der Waals surface area contributed by atoms with E-state index in [1.54, 1.807) is 0 Å². The number of likely N-dealkylation sites (N-methyl/N-ethyl adjacent to an activating group) is 1. The molecule has 1 atom stereocenters. The Labute approximate surface area is 127 Å². The Morgan fingerprint density at radius 2 is 2.05 bits per heavy atom. The van der Waals surface area contributed by atoms with Crippen LogP contribution in [-0.4, -0.2) is 16.1 Å². The molecule has 0 radical (unpaired) electrons. The van der Waals surface area contributed by atoms with Crippen LogP contribution in [0, 0.1) is 11.6 Å². The van der Waals surface area contributed by atoms with E-state index >= 15 is 0 Å². The SMILES string of the molecule is CCNC(Cc1cc(F)ccc1F)c1snnc1C(C)C. The van der Waals surface area contributed by atoms with E-state index in [9.17, 15) is 8.78 Å². The number of nitrogens with one attached hydrogen (secondary N) is 1. The van der Waals surface area contributed by atoms with Crippen LogP contribution in [0.3, 0.4) is 0 Å². The van der Waals surface area contributed by atoms with Crippen LogP contribution in [0.1, 0.15) is 48.9 Å². The Hall–Kier alpha value is -1.40. The fraction of sp³-hybridized carbons (Fsp3) is 0.467. The van der Waals surface area contributed by atoms with Crippen LogP contribution < -0.4 is 5.32 Å². The van der Waals surface area contributed by atoms with Gasteiger partial charge in [0.05, 0.1) is 10.6 Å². The molecule has 0 spiro atoms. The van der Waals surface area contributed by atoms with Crippen molar-refractivity contribution in [2.45, 2.75) is 39.2 Å². The Balaban J connectivity index is 2.31. The minimum absolute atomic E-state index is 0.108. The quantitative estimate of drug-likeness (QED) is 0.881. The van der Waals surface area contributed by atoms with Crippen molar-refractivity contribution in [3.05, 3.63) is 46.0 Å². The summed E-state index contributed by atoms with van der Waals surface area (Å²) in [5.74, 6) is -0.562. The van der Waals surface area contributed by atoms with E-state index in [0.29, 0.717) is 12.0 Å². The molecule has 0 amide bonds. The molecule has 0 fully saturated rings. The number of hydrogen-bond donors (Lipinski definition) is 1. The lowest BCUT2D eigenvalue weighted by Crippen LogP contribution is -2.23. The molecule has 114 valence electrons. The number of halogens is 2. The van der Waals surface area contributed by atoms with Crippen LogP contribution in [0.2, 0.25) is 0 Å². The van der Waals surface area contributed by atoms with Crippen molar-refractivity contribution in [3.63, 3.8) is 0 Å². The molecule has 0 aliphatic rings. The Morgan fingerprint density at radius 1 is 1.29 bits per heavy atom. The van der Waals surface area contributed by atoms with Crippen LogP contribution in [0.4, 0.5) is 8.78 Å². The van der Waals surface area contributed by atoms with Gasteiger partial charge in [0.2, 0.25) is 0 Å². The third kappa shape index (κ3) is 3.83. The highest BCUT2D eigenvalue weighted by Gasteiger charge is 2.22. The first-order valence-electron chi connectivity index (χ1n) is 7.02. The van der Waals surface area contributed by atoms with Crippen molar-refractivity contribution in [1.29, 1.82) is 0 Å². The zero-order valence-electron chi connectivity index (χ0n) is 12.4. The lowest BCUT2D eigenvalue weighted by molar-refractivity contribution is 0.522. The molecule has 2 aromatic rings. The van der Waals surface area contributed by atoms with Crippen molar-refractivity contribution < 1.29 is 8.78 Å². The van der Waals surface area contributed by atoms with E-state index in [0.717, 1.165) is 23.2 Å². The molecule has 0 bridgehead atoms. The van der Waals surface area contributed by atoms with Gasteiger partial charge in [0, 0.05) is 6.04 Å². The number of nitrogens with zero attached hydrogens (tertiary/aromatic N) is 2. The van der Waals surface area contributed by atoms with E-state index in [1.807, 2.05) is 20.8 Å². The Morgan fingerprint density at radius 3 is 2.71 bits per heavy atom. The minimum Gasteiger partial charge on any atom is -0.309 e. The maximum Gasteiger partial charge on any atom is 0.126 e. The van der Waals surface area contributed by atoms with E-state index in [1.165, 1.54) is 23.7 Å². The number of rotatable bonds is 6. The van der Waals surface area contributed by atoms with Crippen LogP contribution >= 0.6 is 11.5 Å². The molecule has 0 saturated heterocycles. The van der Waals surface area contributed by atoms with Crippen LogP contribution in [0.25, 0.3) is 0 Å². The summed E-state index contributed by atoms with van der Waals surface area (Å²) in [6.45, 7) is 6.81. The first kappa shape index (κ1) is 16.0. The van der Waals surface area contributed by atoms with Gasteiger partial charge in [-0.15, -0.1) is 5.10 Å². The summed E-state index contributed by atoms with van der Waals surface area (Å²) in [4.78, 5) is 0.996. The van der Waals surface area contributed by atoms with Gasteiger partial charge >= 0.3 is 0 Å². The number of aromatic nitrogens is 2. The molecular formula is C15H19F2N3S. The Bertz CT molecular complexity index is 598. The van der Waals surface area contributed by atoms with E-state index in [2.05, 4.69) is 14.9 Å². The van der Waals surface area contributed by atoms with Crippen molar-refractivity contribution in [3.8, 4) is 0 Å². The molecule has 2 rings (SSSR count). The molecule has 0 aliphatic carbocycles. The molecule has 0 saturated carbocycles. The molecule has 1 N–H and O–H groups in total. The highest BCUT2D eigenvalue weighted by Crippen LogP contribution is 2.29. The summed E-state index contributed by atoms with van der Waals surface area (Å²) in [7, 11) is 0. The van der Waals surface area contributed by atoms with Crippen LogP contribution in [0.5, 0.6) is 0 Å².